The van der Waals surface area contributed by atoms with Gasteiger partial charge in [0.1, 0.15) is 17.0 Å². The Morgan fingerprint density at radius 1 is 1.03 bits per heavy atom. The van der Waals surface area contributed by atoms with E-state index in [4.69, 9.17) is 14.2 Å². The molecule has 6 heteroatoms. The largest absolute Gasteiger partial charge is 0.514 e. The summed E-state index contributed by atoms with van der Waals surface area (Å²) in [7, 11) is 0. The lowest BCUT2D eigenvalue weighted by Gasteiger charge is -2.64. The lowest BCUT2D eigenvalue weighted by molar-refractivity contribution is -0.0452. The zero-order chi connectivity index (χ0) is 23.5. The first kappa shape index (κ1) is 22.9. The Kier molecular flexibility index (Phi) is 5.50. The fourth-order valence-electron chi connectivity index (χ4n) is 6.13. The van der Waals surface area contributed by atoms with Crippen molar-refractivity contribution in [2.45, 2.75) is 103 Å². The van der Waals surface area contributed by atoms with Gasteiger partial charge in [-0.2, -0.15) is 0 Å². The van der Waals surface area contributed by atoms with Crippen LogP contribution < -0.4 is 4.74 Å². The summed E-state index contributed by atoms with van der Waals surface area (Å²) in [5.41, 5.74) is 1.47. The van der Waals surface area contributed by atoms with E-state index in [0.29, 0.717) is 24.1 Å². The number of rotatable bonds is 1. The van der Waals surface area contributed by atoms with Crippen LogP contribution in [0.4, 0.5) is 9.59 Å². The van der Waals surface area contributed by atoms with Gasteiger partial charge in [-0.15, -0.1) is 0 Å². The van der Waals surface area contributed by atoms with Gasteiger partial charge in [-0.05, 0) is 90.5 Å². The second kappa shape index (κ2) is 7.67. The third-order valence-electron chi connectivity index (χ3n) is 7.21. The number of carbonyl (C=O) groups is 2. The molecule has 4 rings (SSSR count). The number of fused-ring (bicyclic) bond motifs is 2. The molecular weight excluding hydrogens is 406 g/mol. The van der Waals surface area contributed by atoms with E-state index in [1.54, 1.807) is 0 Å². The molecule has 1 spiro atoms. The Balaban J connectivity index is 1.62. The van der Waals surface area contributed by atoms with Crippen LogP contribution in [0.3, 0.4) is 0 Å². The molecule has 1 heterocycles. The maximum atomic E-state index is 13.0. The molecule has 4 atom stereocenters. The molecule has 1 aromatic carbocycles. The molecular formula is C26H37NO5. The molecule has 0 radical (unpaired) electrons. The van der Waals surface area contributed by atoms with Crippen molar-refractivity contribution in [2.24, 2.45) is 5.92 Å². The van der Waals surface area contributed by atoms with Crippen molar-refractivity contribution in [2.75, 3.05) is 6.54 Å². The predicted octanol–water partition coefficient (Wildman–Crippen LogP) is 6.16. The first-order valence-corrected chi connectivity index (χ1v) is 11.9. The maximum Gasteiger partial charge on any atom is 0.514 e. The number of nitrogens with zero attached hydrogens (tertiary/aromatic N) is 1. The lowest BCUT2D eigenvalue weighted by atomic mass is 9.44. The standard InChI is InChI=1S/C26H37NO5/c1-16-19-10-8-9-13-26(19)20-14-17(30-23(29)32-25(5,6)7)11-12-18(20)21(26)15-27(16)22(28)31-24(2,3)4/h11-12,14,16,19,21H,8-10,13,15H2,1-7H3. The molecule has 0 bridgehead atoms. The van der Waals surface area contributed by atoms with Crippen LogP contribution in [0.2, 0.25) is 0 Å². The quantitative estimate of drug-likeness (QED) is 0.384. The Morgan fingerprint density at radius 3 is 2.38 bits per heavy atom. The number of likely N-dealkylation sites (tertiary alicyclic amines) is 1. The first-order chi connectivity index (χ1) is 14.8. The topological polar surface area (TPSA) is 65.1 Å². The molecule has 176 valence electrons. The predicted molar refractivity (Wildman–Crippen MR) is 122 cm³/mol. The van der Waals surface area contributed by atoms with E-state index in [0.717, 1.165) is 12.8 Å². The van der Waals surface area contributed by atoms with Crippen LogP contribution in [0, 0.1) is 5.92 Å². The molecule has 1 amide bonds. The Labute approximate surface area is 191 Å². The van der Waals surface area contributed by atoms with Crippen molar-refractivity contribution in [3.63, 3.8) is 0 Å². The van der Waals surface area contributed by atoms with Crippen LogP contribution in [0.25, 0.3) is 0 Å². The van der Waals surface area contributed by atoms with Crippen LogP contribution in [0.5, 0.6) is 5.75 Å². The average Bonchev–Trinajstić information content (AvgIpc) is 2.65. The van der Waals surface area contributed by atoms with Gasteiger partial charge >= 0.3 is 12.2 Å². The van der Waals surface area contributed by atoms with Gasteiger partial charge in [0.05, 0.1) is 0 Å². The summed E-state index contributed by atoms with van der Waals surface area (Å²) in [5.74, 6) is 1.19. The highest BCUT2D eigenvalue weighted by molar-refractivity contribution is 5.71. The van der Waals surface area contributed by atoms with Gasteiger partial charge in [0.25, 0.3) is 0 Å². The van der Waals surface area contributed by atoms with E-state index < -0.39 is 17.4 Å². The number of amides is 1. The van der Waals surface area contributed by atoms with Crippen LogP contribution in [-0.2, 0) is 14.9 Å². The molecule has 0 aromatic heterocycles. The molecule has 1 aliphatic heterocycles. The summed E-state index contributed by atoms with van der Waals surface area (Å²) in [6.07, 6.45) is 3.66. The number of ether oxygens (including phenoxy) is 3. The normalized spacial score (nSPS) is 29.1. The molecule has 1 aromatic rings. The summed E-state index contributed by atoms with van der Waals surface area (Å²) in [4.78, 5) is 27.1. The Bertz CT molecular complexity index is 912. The Hall–Kier alpha value is -2.24. The zero-order valence-electron chi connectivity index (χ0n) is 20.5. The monoisotopic (exact) mass is 443 g/mol. The van der Waals surface area contributed by atoms with Gasteiger partial charge in [-0.3, -0.25) is 0 Å². The van der Waals surface area contributed by atoms with Crippen molar-refractivity contribution in [1.82, 2.24) is 4.90 Å². The SMILES string of the molecule is CC1C2CCCCC23c2cc(OC(=O)OC(C)(C)C)ccc2C3CN1C(=O)OC(C)(C)C. The number of carbonyl (C=O) groups excluding carboxylic acids is 2. The second-order valence-electron chi connectivity index (χ2n) is 11.6. The molecule has 2 fully saturated rings. The molecule has 32 heavy (non-hydrogen) atoms. The third kappa shape index (κ3) is 3.97. The van der Waals surface area contributed by atoms with Gasteiger partial charge in [0, 0.05) is 23.9 Å². The summed E-state index contributed by atoms with van der Waals surface area (Å²) in [5, 5.41) is 0. The lowest BCUT2D eigenvalue weighted by Crippen LogP contribution is -2.66. The fourth-order valence-corrected chi connectivity index (χ4v) is 6.13. The van der Waals surface area contributed by atoms with Crippen LogP contribution in [-0.4, -0.2) is 40.9 Å². The summed E-state index contributed by atoms with van der Waals surface area (Å²) in [6.45, 7) is 14.0. The van der Waals surface area contributed by atoms with Crippen molar-refractivity contribution in [3.05, 3.63) is 29.3 Å². The number of piperidine rings is 1. The zero-order valence-corrected chi connectivity index (χ0v) is 20.5. The highest BCUT2D eigenvalue weighted by Gasteiger charge is 2.62. The van der Waals surface area contributed by atoms with Gasteiger partial charge < -0.3 is 19.1 Å². The Morgan fingerprint density at radius 2 is 1.72 bits per heavy atom. The molecule has 6 nitrogen and oxygen atoms in total. The van der Waals surface area contributed by atoms with Crippen LogP contribution in [0.15, 0.2) is 18.2 Å². The van der Waals surface area contributed by atoms with Gasteiger partial charge in [0.2, 0.25) is 0 Å². The number of hydrogen-bond acceptors (Lipinski definition) is 5. The van der Waals surface area contributed by atoms with Gasteiger partial charge in [-0.25, -0.2) is 9.59 Å². The molecule has 3 aliphatic rings. The van der Waals surface area contributed by atoms with Gasteiger partial charge in [0.15, 0.2) is 0 Å². The van der Waals surface area contributed by atoms with E-state index in [9.17, 15) is 9.59 Å². The van der Waals surface area contributed by atoms with Crippen molar-refractivity contribution < 1.29 is 23.8 Å². The van der Waals surface area contributed by atoms with E-state index in [1.807, 2.05) is 58.6 Å². The van der Waals surface area contributed by atoms with Gasteiger partial charge in [-0.1, -0.05) is 18.9 Å². The summed E-state index contributed by atoms with van der Waals surface area (Å²) in [6, 6.07) is 6.03. The number of hydrogen-bond donors (Lipinski definition) is 0. The molecule has 1 saturated carbocycles. The van der Waals surface area contributed by atoms with E-state index in [1.165, 1.54) is 24.0 Å². The third-order valence-corrected chi connectivity index (χ3v) is 7.21. The van der Waals surface area contributed by atoms with Crippen LogP contribution >= 0.6 is 0 Å². The highest BCUT2D eigenvalue weighted by atomic mass is 16.7. The minimum atomic E-state index is -0.681. The van der Waals surface area contributed by atoms with Crippen molar-refractivity contribution in [3.8, 4) is 5.75 Å². The van der Waals surface area contributed by atoms with E-state index >= 15 is 0 Å². The second-order valence-corrected chi connectivity index (χ2v) is 11.6. The molecule has 0 N–H and O–H groups in total. The van der Waals surface area contributed by atoms with E-state index in [2.05, 4.69) is 13.0 Å². The molecule has 4 unspecified atom stereocenters. The summed E-state index contributed by atoms with van der Waals surface area (Å²) < 4.78 is 16.6. The first-order valence-electron chi connectivity index (χ1n) is 11.9. The minimum absolute atomic E-state index is 0.0405. The molecule has 1 saturated heterocycles. The minimum Gasteiger partial charge on any atom is -0.444 e. The van der Waals surface area contributed by atoms with Crippen LogP contribution in [0.1, 0.15) is 91.2 Å². The van der Waals surface area contributed by atoms with Crippen molar-refractivity contribution >= 4 is 12.2 Å². The number of benzene rings is 1. The molecule has 2 aliphatic carbocycles. The smallest absolute Gasteiger partial charge is 0.444 e. The average molecular weight is 444 g/mol. The highest BCUT2D eigenvalue weighted by Crippen LogP contribution is 2.65. The summed E-state index contributed by atoms with van der Waals surface area (Å²) >= 11 is 0. The van der Waals surface area contributed by atoms with E-state index in [-0.39, 0.29) is 17.6 Å². The van der Waals surface area contributed by atoms with Crippen molar-refractivity contribution in [1.29, 1.82) is 0 Å². The fraction of sp³-hybridized carbons (Fsp3) is 0.692. The maximum absolute atomic E-state index is 13.0.